The highest BCUT2D eigenvalue weighted by atomic mass is 15.0. The van der Waals surface area contributed by atoms with Crippen LogP contribution in [0.2, 0.25) is 0 Å². The van der Waals surface area contributed by atoms with Crippen molar-refractivity contribution >= 4 is 0 Å². The summed E-state index contributed by atoms with van der Waals surface area (Å²) in [7, 11) is 0. The van der Waals surface area contributed by atoms with Gasteiger partial charge in [0.1, 0.15) is 0 Å². The van der Waals surface area contributed by atoms with E-state index in [2.05, 4.69) is 37.2 Å². The fourth-order valence-corrected chi connectivity index (χ4v) is 2.29. The van der Waals surface area contributed by atoms with Gasteiger partial charge in [-0.05, 0) is 24.3 Å². The van der Waals surface area contributed by atoms with Gasteiger partial charge in [0.2, 0.25) is 0 Å². The highest BCUT2D eigenvalue weighted by Crippen LogP contribution is 2.23. The number of imidazole rings is 1. The molecule has 1 rings (SSSR count). The molecule has 0 fully saturated rings. The van der Waals surface area contributed by atoms with E-state index in [1.54, 1.807) is 0 Å². The number of nitrogens with zero attached hydrogens (tertiary/aromatic N) is 2. The van der Waals surface area contributed by atoms with Gasteiger partial charge >= 0.3 is 0 Å². The van der Waals surface area contributed by atoms with Crippen LogP contribution in [0.5, 0.6) is 0 Å². The van der Waals surface area contributed by atoms with Crippen LogP contribution in [0.25, 0.3) is 0 Å². The molecule has 3 nitrogen and oxygen atoms in total. The summed E-state index contributed by atoms with van der Waals surface area (Å²) < 4.78 is 2.26. The van der Waals surface area contributed by atoms with Crippen LogP contribution in [0.1, 0.15) is 33.4 Å². The summed E-state index contributed by atoms with van der Waals surface area (Å²) >= 11 is 0. The van der Waals surface area contributed by atoms with Gasteiger partial charge in [0.15, 0.2) is 0 Å². The topological polar surface area (TPSA) is 43.8 Å². The molecule has 0 aromatic carbocycles. The van der Waals surface area contributed by atoms with E-state index >= 15 is 0 Å². The maximum Gasteiger partial charge on any atom is 0.0948 e. The van der Waals surface area contributed by atoms with Crippen molar-refractivity contribution in [2.75, 3.05) is 6.54 Å². The number of aromatic nitrogens is 2. The molecule has 0 aliphatic heterocycles. The van der Waals surface area contributed by atoms with Crippen LogP contribution in [-0.2, 0) is 13.0 Å². The predicted molar refractivity (Wildman–Crippen MR) is 68.2 cm³/mol. The van der Waals surface area contributed by atoms with Crippen LogP contribution in [-0.4, -0.2) is 16.1 Å². The normalized spacial score (nSPS) is 12.0. The van der Waals surface area contributed by atoms with Crippen LogP contribution in [0.3, 0.4) is 0 Å². The van der Waals surface area contributed by atoms with Gasteiger partial charge < -0.3 is 10.3 Å². The SMILES string of the molecule is CC(C)C(Cn1cncc1CCN)C(C)C. The van der Waals surface area contributed by atoms with E-state index in [1.807, 2.05) is 12.5 Å². The fourth-order valence-electron chi connectivity index (χ4n) is 2.29. The second kappa shape index (κ2) is 6.04. The van der Waals surface area contributed by atoms with Gasteiger partial charge in [0, 0.05) is 24.9 Å². The Kier molecular flexibility index (Phi) is 5.00. The van der Waals surface area contributed by atoms with Crippen LogP contribution < -0.4 is 5.73 Å². The summed E-state index contributed by atoms with van der Waals surface area (Å²) in [6, 6.07) is 0. The molecule has 0 aliphatic rings. The molecule has 0 spiro atoms. The Labute approximate surface area is 99.1 Å². The first-order valence-electron chi connectivity index (χ1n) is 6.25. The molecule has 1 heterocycles. The molecule has 92 valence electrons. The third kappa shape index (κ3) is 3.34. The molecule has 0 saturated carbocycles. The van der Waals surface area contributed by atoms with Gasteiger partial charge in [-0.25, -0.2) is 4.98 Å². The number of hydrogen-bond acceptors (Lipinski definition) is 2. The summed E-state index contributed by atoms with van der Waals surface area (Å²) in [5, 5.41) is 0. The van der Waals surface area contributed by atoms with Crippen LogP contribution in [0.15, 0.2) is 12.5 Å². The van der Waals surface area contributed by atoms with Gasteiger partial charge in [0.25, 0.3) is 0 Å². The van der Waals surface area contributed by atoms with Gasteiger partial charge in [0.05, 0.1) is 6.33 Å². The third-order valence-electron chi connectivity index (χ3n) is 3.32. The van der Waals surface area contributed by atoms with Crippen molar-refractivity contribution in [1.82, 2.24) is 9.55 Å². The summed E-state index contributed by atoms with van der Waals surface area (Å²) in [4.78, 5) is 4.22. The van der Waals surface area contributed by atoms with Crippen molar-refractivity contribution in [2.45, 2.75) is 40.7 Å². The van der Waals surface area contributed by atoms with E-state index < -0.39 is 0 Å². The lowest BCUT2D eigenvalue weighted by Gasteiger charge is -2.26. The van der Waals surface area contributed by atoms with Crippen molar-refractivity contribution in [3.05, 3.63) is 18.2 Å². The van der Waals surface area contributed by atoms with Gasteiger partial charge in [-0.15, -0.1) is 0 Å². The molecule has 0 radical (unpaired) electrons. The van der Waals surface area contributed by atoms with Crippen molar-refractivity contribution < 1.29 is 0 Å². The van der Waals surface area contributed by atoms with Crippen molar-refractivity contribution in [1.29, 1.82) is 0 Å². The molecule has 2 N–H and O–H groups in total. The second-order valence-electron chi connectivity index (χ2n) is 5.23. The van der Waals surface area contributed by atoms with Gasteiger partial charge in [-0.3, -0.25) is 0 Å². The van der Waals surface area contributed by atoms with Crippen LogP contribution in [0.4, 0.5) is 0 Å². The van der Waals surface area contributed by atoms with Crippen LogP contribution >= 0.6 is 0 Å². The van der Waals surface area contributed by atoms with Crippen molar-refractivity contribution in [2.24, 2.45) is 23.5 Å². The number of rotatable bonds is 6. The molecular formula is C13H25N3. The highest BCUT2D eigenvalue weighted by molar-refractivity contribution is 4.99. The van der Waals surface area contributed by atoms with E-state index in [4.69, 9.17) is 5.73 Å². The summed E-state index contributed by atoms with van der Waals surface area (Å²) in [6.07, 6.45) is 4.79. The largest absolute Gasteiger partial charge is 0.334 e. The van der Waals surface area contributed by atoms with E-state index in [1.165, 1.54) is 5.69 Å². The van der Waals surface area contributed by atoms with E-state index in [0.29, 0.717) is 24.3 Å². The Morgan fingerprint density at radius 3 is 2.38 bits per heavy atom. The minimum atomic E-state index is 0.694. The maximum atomic E-state index is 5.60. The first-order chi connectivity index (χ1) is 7.56. The fraction of sp³-hybridized carbons (Fsp3) is 0.769. The summed E-state index contributed by atoms with van der Waals surface area (Å²) in [5.74, 6) is 2.10. The standard InChI is InChI=1S/C13H25N3/c1-10(2)13(11(3)4)8-16-9-15-7-12(16)5-6-14/h7,9-11,13H,5-6,8,14H2,1-4H3. The average Bonchev–Trinajstić information content (AvgIpc) is 2.61. The first-order valence-corrected chi connectivity index (χ1v) is 6.25. The lowest BCUT2D eigenvalue weighted by Crippen LogP contribution is -2.23. The zero-order valence-electron chi connectivity index (χ0n) is 11.0. The average molecular weight is 223 g/mol. The van der Waals surface area contributed by atoms with Gasteiger partial charge in [-0.1, -0.05) is 27.7 Å². The smallest absolute Gasteiger partial charge is 0.0948 e. The van der Waals surface area contributed by atoms with E-state index in [0.717, 1.165) is 13.0 Å². The molecular weight excluding hydrogens is 198 g/mol. The molecule has 0 unspecified atom stereocenters. The third-order valence-corrected chi connectivity index (χ3v) is 3.32. The van der Waals surface area contributed by atoms with E-state index in [9.17, 15) is 0 Å². The summed E-state index contributed by atoms with van der Waals surface area (Å²) in [5.41, 5.74) is 6.86. The molecule has 0 aliphatic carbocycles. The Morgan fingerprint density at radius 2 is 1.88 bits per heavy atom. The van der Waals surface area contributed by atoms with Gasteiger partial charge in [-0.2, -0.15) is 0 Å². The zero-order chi connectivity index (χ0) is 12.1. The molecule has 0 atom stereocenters. The lowest BCUT2D eigenvalue weighted by atomic mass is 9.85. The number of hydrogen-bond donors (Lipinski definition) is 1. The lowest BCUT2D eigenvalue weighted by molar-refractivity contribution is 0.249. The Hall–Kier alpha value is -0.830. The molecule has 1 aromatic rings. The van der Waals surface area contributed by atoms with Crippen molar-refractivity contribution in [3.63, 3.8) is 0 Å². The van der Waals surface area contributed by atoms with Crippen LogP contribution in [0, 0.1) is 17.8 Å². The second-order valence-corrected chi connectivity index (χ2v) is 5.23. The Bertz CT molecular complexity index is 294. The number of nitrogens with two attached hydrogens (primary N) is 1. The predicted octanol–water partition coefficient (Wildman–Crippen LogP) is 2.31. The molecule has 0 bridgehead atoms. The molecule has 1 aromatic heterocycles. The monoisotopic (exact) mass is 223 g/mol. The molecule has 16 heavy (non-hydrogen) atoms. The molecule has 0 saturated heterocycles. The Balaban J connectivity index is 2.73. The Morgan fingerprint density at radius 1 is 1.25 bits per heavy atom. The minimum absolute atomic E-state index is 0.694. The zero-order valence-corrected chi connectivity index (χ0v) is 11.0. The maximum absolute atomic E-state index is 5.60. The van der Waals surface area contributed by atoms with Crippen molar-refractivity contribution in [3.8, 4) is 0 Å². The summed E-state index contributed by atoms with van der Waals surface area (Å²) in [6.45, 7) is 10.9. The molecule has 3 heteroatoms. The highest BCUT2D eigenvalue weighted by Gasteiger charge is 2.18. The van der Waals surface area contributed by atoms with E-state index in [-0.39, 0.29) is 0 Å². The minimum Gasteiger partial charge on any atom is -0.334 e. The molecule has 0 amide bonds. The first kappa shape index (κ1) is 13.2. The quantitative estimate of drug-likeness (QED) is 0.804.